The zero-order valence-corrected chi connectivity index (χ0v) is 11.1. The third kappa shape index (κ3) is 4.16. The van der Waals surface area contributed by atoms with E-state index in [0.717, 1.165) is 11.3 Å². The molecule has 0 fully saturated rings. The van der Waals surface area contributed by atoms with Crippen molar-refractivity contribution in [3.05, 3.63) is 60.2 Å². The third-order valence-electron chi connectivity index (χ3n) is 2.46. The predicted octanol–water partition coefficient (Wildman–Crippen LogP) is 3.15. The fourth-order valence-electron chi connectivity index (χ4n) is 1.51. The van der Waals surface area contributed by atoms with Crippen molar-refractivity contribution in [3.63, 3.8) is 0 Å². The van der Waals surface area contributed by atoms with Gasteiger partial charge < -0.3 is 10.1 Å². The van der Waals surface area contributed by atoms with Gasteiger partial charge >= 0.3 is 6.01 Å². The van der Waals surface area contributed by atoms with Gasteiger partial charge in [-0.1, -0.05) is 12.1 Å². The molecule has 2 rings (SSSR count). The Bertz CT molecular complexity index is 598. The Labute approximate surface area is 117 Å². The topological polar surface area (TPSA) is 83.2 Å². The Morgan fingerprint density at radius 2 is 2.15 bits per heavy atom. The van der Waals surface area contributed by atoms with Crippen molar-refractivity contribution in [2.45, 2.75) is 6.92 Å². The number of rotatable bonds is 6. The van der Waals surface area contributed by atoms with Crippen LogP contribution in [0, 0.1) is 12.5 Å². The largest absolute Gasteiger partial charge is 0.457 e. The molecule has 102 valence electrons. The standard InChI is InChI=1S/C14H15N5O/c1-11-4-2-5-12(8-11)18-9-13(19-15)10-20-14-16-6-3-7-17-14/h2-9,15,18H,10H2,1H3/b13-9-,19-15?. The van der Waals surface area contributed by atoms with E-state index in [1.807, 2.05) is 31.2 Å². The summed E-state index contributed by atoms with van der Waals surface area (Å²) in [5.41, 5.74) is 9.66. The smallest absolute Gasteiger partial charge is 0.316 e. The van der Waals surface area contributed by atoms with Gasteiger partial charge in [0.05, 0.1) is 0 Å². The minimum atomic E-state index is 0.131. The van der Waals surface area contributed by atoms with Gasteiger partial charge in [-0.15, -0.1) is 0 Å². The lowest BCUT2D eigenvalue weighted by Crippen LogP contribution is -2.04. The van der Waals surface area contributed by atoms with Crippen LogP contribution in [0.3, 0.4) is 0 Å². The first kappa shape index (κ1) is 13.7. The molecule has 0 bridgehead atoms. The number of aromatic nitrogens is 2. The van der Waals surface area contributed by atoms with Crippen molar-refractivity contribution >= 4 is 5.69 Å². The van der Waals surface area contributed by atoms with Gasteiger partial charge in [0, 0.05) is 24.3 Å². The summed E-state index contributed by atoms with van der Waals surface area (Å²) in [5.74, 6) is 0. The maximum atomic E-state index is 7.13. The summed E-state index contributed by atoms with van der Waals surface area (Å²) in [4.78, 5) is 7.86. The van der Waals surface area contributed by atoms with Gasteiger partial charge in [-0.2, -0.15) is 5.11 Å². The minimum absolute atomic E-state index is 0.131. The average Bonchev–Trinajstić information content (AvgIpc) is 2.48. The number of benzene rings is 1. The quantitative estimate of drug-likeness (QED) is 0.789. The second kappa shape index (κ2) is 6.98. The van der Waals surface area contributed by atoms with Crippen LogP contribution in [0.4, 0.5) is 5.69 Å². The van der Waals surface area contributed by atoms with Crippen LogP contribution < -0.4 is 10.1 Å². The normalized spacial score (nSPS) is 10.9. The maximum Gasteiger partial charge on any atom is 0.316 e. The lowest BCUT2D eigenvalue weighted by Gasteiger charge is -2.05. The zero-order valence-electron chi connectivity index (χ0n) is 11.1. The second-order valence-electron chi connectivity index (χ2n) is 4.08. The summed E-state index contributed by atoms with van der Waals surface area (Å²) in [6.45, 7) is 2.15. The van der Waals surface area contributed by atoms with E-state index in [1.165, 1.54) is 0 Å². The summed E-state index contributed by atoms with van der Waals surface area (Å²) < 4.78 is 5.33. The molecule has 0 aliphatic carbocycles. The number of ether oxygens (including phenoxy) is 1. The highest BCUT2D eigenvalue weighted by atomic mass is 16.5. The molecule has 0 aliphatic rings. The molecule has 2 aromatic rings. The zero-order chi connectivity index (χ0) is 14.2. The van der Waals surface area contributed by atoms with Crippen molar-refractivity contribution in [1.82, 2.24) is 9.97 Å². The van der Waals surface area contributed by atoms with Gasteiger partial charge in [0.15, 0.2) is 0 Å². The van der Waals surface area contributed by atoms with Gasteiger partial charge in [-0.25, -0.2) is 15.5 Å². The van der Waals surface area contributed by atoms with Gasteiger partial charge in [0.25, 0.3) is 0 Å². The number of aryl methyl sites for hydroxylation is 1. The van der Waals surface area contributed by atoms with E-state index in [2.05, 4.69) is 20.4 Å². The van der Waals surface area contributed by atoms with Crippen molar-refractivity contribution in [1.29, 1.82) is 5.53 Å². The number of anilines is 1. The minimum Gasteiger partial charge on any atom is -0.457 e. The highest BCUT2D eigenvalue weighted by Gasteiger charge is 2.00. The Hall–Kier alpha value is -2.76. The third-order valence-corrected chi connectivity index (χ3v) is 2.46. The van der Waals surface area contributed by atoms with Crippen LogP contribution >= 0.6 is 0 Å². The molecule has 0 atom stereocenters. The molecule has 0 spiro atoms. The molecule has 6 nitrogen and oxygen atoms in total. The highest BCUT2D eigenvalue weighted by molar-refractivity contribution is 5.47. The molecular weight excluding hydrogens is 254 g/mol. The van der Waals surface area contributed by atoms with Gasteiger partial charge in [0.1, 0.15) is 12.3 Å². The van der Waals surface area contributed by atoms with Crippen molar-refractivity contribution in [2.75, 3.05) is 11.9 Å². The van der Waals surface area contributed by atoms with E-state index >= 15 is 0 Å². The molecule has 2 N–H and O–H groups in total. The van der Waals surface area contributed by atoms with E-state index in [9.17, 15) is 0 Å². The molecule has 20 heavy (non-hydrogen) atoms. The van der Waals surface area contributed by atoms with Crippen molar-refractivity contribution < 1.29 is 4.74 Å². The van der Waals surface area contributed by atoms with Gasteiger partial charge in [0.2, 0.25) is 0 Å². The Morgan fingerprint density at radius 3 is 2.85 bits per heavy atom. The summed E-state index contributed by atoms with van der Waals surface area (Å²) in [6, 6.07) is 9.87. The molecule has 0 radical (unpaired) electrons. The number of nitrogens with one attached hydrogen (secondary N) is 2. The van der Waals surface area contributed by atoms with Crippen LogP contribution in [0.15, 0.2) is 59.7 Å². The van der Waals surface area contributed by atoms with Gasteiger partial charge in [-0.05, 0) is 30.7 Å². The van der Waals surface area contributed by atoms with Crippen LogP contribution in [-0.4, -0.2) is 16.6 Å². The average molecular weight is 269 g/mol. The van der Waals surface area contributed by atoms with E-state index in [-0.39, 0.29) is 12.6 Å². The Morgan fingerprint density at radius 1 is 1.35 bits per heavy atom. The summed E-state index contributed by atoms with van der Waals surface area (Å²) in [7, 11) is 0. The van der Waals surface area contributed by atoms with E-state index in [4.69, 9.17) is 10.3 Å². The summed E-state index contributed by atoms with van der Waals surface area (Å²) >= 11 is 0. The molecule has 6 heteroatoms. The Kier molecular flexibility index (Phi) is 4.77. The Balaban J connectivity index is 1.94. The summed E-state index contributed by atoms with van der Waals surface area (Å²) in [5, 5.41) is 6.48. The first-order chi connectivity index (χ1) is 9.78. The van der Waals surface area contributed by atoms with E-state index in [1.54, 1.807) is 24.7 Å². The molecule has 0 saturated heterocycles. The van der Waals surface area contributed by atoms with Crippen molar-refractivity contribution in [2.24, 2.45) is 5.11 Å². The number of hydrogen-bond donors (Lipinski definition) is 2. The number of nitrogens with zero attached hydrogens (tertiary/aromatic N) is 3. The molecule has 0 unspecified atom stereocenters. The highest BCUT2D eigenvalue weighted by Crippen LogP contribution is 2.10. The number of hydrogen-bond acceptors (Lipinski definition) is 6. The van der Waals surface area contributed by atoms with E-state index < -0.39 is 0 Å². The first-order valence-electron chi connectivity index (χ1n) is 6.07. The SMILES string of the molecule is Cc1cccc(N/C=C(/COc2ncccn2)N=N)c1. The molecule has 1 heterocycles. The molecule has 0 saturated carbocycles. The summed E-state index contributed by atoms with van der Waals surface area (Å²) in [6.07, 6.45) is 4.81. The van der Waals surface area contributed by atoms with Crippen LogP contribution in [0.5, 0.6) is 6.01 Å². The molecule has 0 amide bonds. The lowest BCUT2D eigenvalue weighted by atomic mass is 10.2. The first-order valence-corrected chi connectivity index (χ1v) is 6.07. The fraction of sp³-hybridized carbons (Fsp3) is 0.143. The van der Waals surface area contributed by atoms with Gasteiger partial charge in [-0.3, -0.25) is 0 Å². The monoisotopic (exact) mass is 269 g/mol. The van der Waals surface area contributed by atoms with Crippen LogP contribution in [0.25, 0.3) is 0 Å². The van der Waals surface area contributed by atoms with E-state index in [0.29, 0.717) is 5.70 Å². The fourth-order valence-corrected chi connectivity index (χ4v) is 1.51. The second-order valence-corrected chi connectivity index (χ2v) is 4.08. The molecular formula is C14H15N5O. The molecule has 1 aromatic heterocycles. The predicted molar refractivity (Wildman–Crippen MR) is 75.6 cm³/mol. The lowest BCUT2D eigenvalue weighted by molar-refractivity contribution is 0.320. The van der Waals surface area contributed by atoms with Crippen LogP contribution in [0.1, 0.15) is 5.56 Å². The van der Waals surface area contributed by atoms with Crippen molar-refractivity contribution in [3.8, 4) is 6.01 Å². The van der Waals surface area contributed by atoms with Crippen LogP contribution in [-0.2, 0) is 0 Å². The molecule has 1 aromatic carbocycles. The van der Waals surface area contributed by atoms with Crippen LogP contribution in [0.2, 0.25) is 0 Å². The maximum absolute atomic E-state index is 7.13. The molecule has 0 aliphatic heterocycles.